The summed E-state index contributed by atoms with van der Waals surface area (Å²) in [5.41, 5.74) is 1.07. The van der Waals surface area contributed by atoms with Crippen LogP contribution in [0, 0.1) is 0 Å². The first-order chi connectivity index (χ1) is 12.2. The Morgan fingerprint density at radius 1 is 1.27 bits per heavy atom. The highest BCUT2D eigenvalue weighted by Crippen LogP contribution is 2.24. The van der Waals surface area contributed by atoms with Crippen LogP contribution >= 0.6 is 0 Å². The fourth-order valence-corrected chi connectivity index (χ4v) is 3.28. The summed E-state index contributed by atoms with van der Waals surface area (Å²) >= 11 is 0. The van der Waals surface area contributed by atoms with Gasteiger partial charge in [0.15, 0.2) is 0 Å². The van der Waals surface area contributed by atoms with Crippen molar-refractivity contribution in [3.05, 3.63) is 29.8 Å². The normalized spacial score (nSPS) is 20.5. The lowest BCUT2D eigenvalue weighted by Crippen LogP contribution is -2.45. The Balaban J connectivity index is 1.78. The number of benzene rings is 1. The van der Waals surface area contributed by atoms with Crippen molar-refractivity contribution in [1.82, 2.24) is 10.2 Å². The minimum absolute atomic E-state index is 0.218. The monoisotopic (exact) mass is 362 g/mol. The van der Waals surface area contributed by atoms with E-state index in [1.807, 2.05) is 40.0 Å². The van der Waals surface area contributed by atoms with Crippen LogP contribution in [0.3, 0.4) is 0 Å². The molecule has 6 nitrogen and oxygen atoms in total. The maximum absolute atomic E-state index is 12.2. The Morgan fingerprint density at radius 2 is 1.92 bits per heavy atom. The molecular weight excluding hydrogens is 331 g/mol. The summed E-state index contributed by atoms with van der Waals surface area (Å²) in [6.07, 6.45) is 3.64. The van der Waals surface area contributed by atoms with Crippen LogP contribution in [0.1, 0.15) is 52.0 Å². The van der Waals surface area contributed by atoms with E-state index >= 15 is 0 Å². The third-order valence-electron chi connectivity index (χ3n) is 4.77. The molecule has 1 saturated carbocycles. The van der Waals surface area contributed by atoms with Crippen molar-refractivity contribution in [3.8, 4) is 0 Å². The first-order valence-electron chi connectivity index (χ1n) is 9.30. The van der Waals surface area contributed by atoms with E-state index in [4.69, 9.17) is 4.74 Å². The molecule has 26 heavy (non-hydrogen) atoms. The zero-order valence-electron chi connectivity index (χ0n) is 16.2. The van der Waals surface area contributed by atoms with Crippen molar-refractivity contribution in [1.29, 1.82) is 0 Å². The van der Waals surface area contributed by atoms with Crippen molar-refractivity contribution < 1.29 is 19.6 Å². The zero-order chi connectivity index (χ0) is 19.3. The summed E-state index contributed by atoms with van der Waals surface area (Å²) in [6, 6.07) is 7.93. The van der Waals surface area contributed by atoms with E-state index in [0.29, 0.717) is 18.0 Å². The molecule has 0 aromatic heterocycles. The van der Waals surface area contributed by atoms with Gasteiger partial charge in [-0.05, 0) is 57.5 Å². The Hall–Kier alpha value is -1.57. The van der Waals surface area contributed by atoms with Gasteiger partial charge in [0.25, 0.3) is 0 Å². The second kappa shape index (κ2) is 8.89. The zero-order valence-corrected chi connectivity index (χ0v) is 16.2. The third kappa shape index (κ3) is 6.30. The molecule has 7 heteroatoms. The van der Waals surface area contributed by atoms with Crippen molar-refractivity contribution in [2.24, 2.45) is 0 Å². The molecule has 144 valence electrons. The summed E-state index contributed by atoms with van der Waals surface area (Å²) in [7, 11) is 0.381. The van der Waals surface area contributed by atoms with E-state index in [0.717, 1.165) is 31.2 Å². The first-order valence-corrected chi connectivity index (χ1v) is 9.30. The van der Waals surface area contributed by atoms with Crippen LogP contribution in [-0.2, 0) is 11.3 Å². The van der Waals surface area contributed by atoms with Gasteiger partial charge in [-0.15, -0.1) is 0 Å². The van der Waals surface area contributed by atoms with E-state index in [1.54, 1.807) is 17.0 Å². The molecule has 0 bridgehead atoms. The highest BCUT2D eigenvalue weighted by atomic mass is 16.6. The highest BCUT2D eigenvalue weighted by Gasteiger charge is 2.29. The minimum Gasteiger partial charge on any atom is -0.444 e. The smallest absolute Gasteiger partial charge is 0.444 e. The van der Waals surface area contributed by atoms with E-state index in [1.165, 1.54) is 0 Å². The molecule has 0 aliphatic heterocycles. The number of carbonyl (C=O) groups is 1. The van der Waals surface area contributed by atoms with Crippen molar-refractivity contribution in [2.75, 3.05) is 7.05 Å². The lowest BCUT2D eigenvalue weighted by molar-refractivity contribution is 0.0179. The second-order valence-corrected chi connectivity index (χ2v) is 8.10. The van der Waals surface area contributed by atoms with Crippen LogP contribution in [0.2, 0.25) is 0 Å². The van der Waals surface area contributed by atoms with Crippen LogP contribution in [0.5, 0.6) is 0 Å². The van der Waals surface area contributed by atoms with Crippen molar-refractivity contribution in [2.45, 2.75) is 70.7 Å². The minimum atomic E-state index is -1.44. The molecule has 0 heterocycles. The SMILES string of the molecule is CN(C(=O)OC(C)(C)C)[C@H]1CC[C@H](NCc2cccc(B(O)O)c2)CC1. The summed E-state index contributed by atoms with van der Waals surface area (Å²) in [5, 5.41) is 22.0. The molecule has 1 aliphatic rings. The quantitative estimate of drug-likeness (QED) is 0.694. The Labute approximate surface area is 156 Å². The molecule has 0 spiro atoms. The summed E-state index contributed by atoms with van der Waals surface area (Å²) in [4.78, 5) is 13.9. The number of hydrogen-bond donors (Lipinski definition) is 3. The van der Waals surface area contributed by atoms with Gasteiger partial charge < -0.3 is 25.0 Å². The largest absolute Gasteiger partial charge is 0.488 e. The molecule has 2 rings (SSSR count). The average Bonchev–Trinajstić information content (AvgIpc) is 2.58. The van der Waals surface area contributed by atoms with Gasteiger partial charge in [-0.1, -0.05) is 24.3 Å². The molecular formula is C19H31BN2O4. The van der Waals surface area contributed by atoms with Gasteiger partial charge in [0.1, 0.15) is 5.60 Å². The molecule has 1 fully saturated rings. The second-order valence-electron chi connectivity index (χ2n) is 8.10. The lowest BCUT2D eigenvalue weighted by Gasteiger charge is -2.35. The van der Waals surface area contributed by atoms with Crippen molar-refractivity contribution >= 4 is 18.7 Å². The highest BCUT2D eigenvalue weighted by molar-refractivity contribution is 6.58. The standard InChI is InChI=1S/C19H31BN2O4/c1-19(2,3)26-18(23)22(4)17-10-8-16(9-11-17)21-13-14-6-5-7-15(12-14)20(24)25/h5-7,12,16-17,21,24-25H,8-11,13H2,1-4H3/t16-,17-. The Morgan fingerprint density at radius 3 is 2.50 bits per heavy atom. The summed E-state index contributed by atoms with van der Waals surface area (Å²) < 4.78 is 5.45. The van der Waals surface area contributed by atoms with Gasteiger partial charge >= 0.3 is 13.2 Å². The topological polar surface area (TPSA) is 82.0 Å². The Kier molecular flexibility index (Phi) is 7.09. The van der Waals surface area contributed by atoms with Gasteiger partial charge in [0, 0.05) is 25.7 Å². The first kappa shape index (κ1) is 20.7. The van der Waals surface area contributed by atoms with Gasteiger partial charge in [0.2, 0.25) is 0 Å². The van der Waals surface area contributed by atoms with Gasteiger partial charge in [-0.2, -0.15) is 0 Å². The van der Waals surface area contributed by atoms with Crippen LogP contribution in [0.15, 0.2) is 24.3 Å². The predicted molar refractivity (Wildman–Crippen MR) is 103 cm³/mol. The average molecular weight is 362 g/mol. The number of hydrogen-bond acceptors (Lipinski definition) is 5. The number of ether oxygens (including phenoxy) is 1. The Bertz CT molecular complexity index is 595. The summed E-state index contributed by atoms with van der Waals surface area (Å²) in [6.45, 7) is 6.33. The van der Waals surface area contributed by atoms with E-state index in [-0.39, 0.29) is 12.1 Å². The number of carbonyl (C=O) groups excluding carboxylic acids is 1. The maximum Gasteiger partial charge on any atom is 0.488 e. The number of rotatable bonds is 5. The van der Waals surface area contributed by atoms with E-state index < -0.39 is 12.7 Å². The molecule has 3 N–H and O–H groups in total. The van der Waals surface area contributed by atoms with E-state index in [9.17, 15) is 14.8 Å². The van der Waals surface area contributed by atoms with Gasteiger partial charge in [-0.3, -0.25) is 0 Å². The van der Waals surface area contributed by atoms with Crippen LogP contribution in [0.4, 0.5) is 4.79 Å². The molecule has 0 unspecified atom stereocenters. The number of nitrogens with one attached hydrogen (secondary N) is 1. The predicted octanol–water partition coefficient (Wildman–Crippen LogP) is 1.63. The lowest BCUT2D eigenvalue weighted by atomic mass is 9.79. The van der Waals surface area contributed by atoms with Crippen LogP contribution in [-0.4, -0.2) is 52.9 Å². The fraction of sp³-hybridized carbons (Fsp3) is 0.632. The van der Waals surface area contributed by atoms with Gasteiger partial charge in [0.05, 0.1) is 0 Å². The number of amides is 1. The molecule has 0 radical (unpaired) electrons. The maximum atomic E-state index is 12.2. The molecule has 1 aromatic rings. The van der Waals surface area contributed by atoms with Crippen LogP contribution < -0.4 is 10.8 Å². The third-order valence-corrected chi connectivity index (χ3v) is 4.77. The summed E-state index contributed by atoms with van der Waals surface area (Å²) in [5.74, 6) is 0. The molecule has 1 amide bonds. The van der Waals surface area contributed by atoms with Crippen molar-refractivity contribution in [3.63, 3.8) is 0 Å². The van der Waals surface area contributed by atoms with Crippen LogP contribution in [0.25, 0.3) is 0 Å². The number of nitrogens with zero attached hydrogens (tertiary/aromatic N) is 1. The molecule has 0 atom stereocenters. The molecule has 0 saturated heterocycles. The molecule has 1 aliphatic carbocycles. The fourth-order valence-electron chi connectivity index (χ4n) is 3.28. The van der Waals surface area contributed by atoms with E-state index in [2.05, 4.69) is 5.32 Å². The molecule has 1 aromatic carbocycles. The van der Waals surface area contributed by atoms with Gasteiger partial charge in [-0.25, -0.2) is 4.79 Å².